The van der Waals surface area contributed by atoms with Crippen molar-refractivity contribution in [3.63, 3.8) is 0 Å². The first-order valence-electron chi connectivity index (χ1n) is 11.9. The maximum absolute atomic E-state index is 12.5. The molecular weight excluding hydrogens is 454 g/mol. The highest BCUT2D eigenvalue weighted by molar-refractivity contribution is 7.17. The number of thiophene rings is 1. The van der Waals surface area contributed by atoms with Crippen LogP contribution in [0, 0.1) is 11.8 Å². The van der Waals surface area contributed by atoms with Crippen LogP contribution in [0.4, 0.5) is 16.8 Å². The second-order valence-electron chi connectivity index (χ2n) is 9.24. The molecule has 2 fully saturated rings. The van der Waals surface area contributed by atoms with Crippen LogP contribution in [0.2, 0.25) is 0 Å². The molecule has 0 unspecified atom stereocenters. The van der Waals surface area contributed by atoms with Gasteiger partial charge in [0.2, 0.25) is 5.95 Å². The lowest BCUT2D eigenvalue weighted by Gasteiger charge is -2.27. The standard InChI is InChI=1S/C23H31N7OS2/c1-14-2-4-16(5-3-14)26-21-20-17(8-11-32-20)27-23(29-21)28-19-12-18(30-33-19)22(31)25-13-15-6-9-24-10-7-15/h8,11-12,14-16,24H,2-7,9-10,13H2,1H3,(H,25,31)(H2,26,27,28,29). The van der Waals surface area contributed by atoms with Crippen molar-refractivity contribution in [1.82, 2.24) is 25.0 Å². The van der Waals surface area contributed by atoms with Gasteiger partial charge in [0.05, 0.1) is 10.2 Å². The Labute approximate surface area is 202 Å². The molecule has 4 N–H and O–H groups in total. The summed E-state index contributed by atoms with van der Waals surface area (Å²) in [7, 11) is 0. The highest BCUT2D eigenvalue weighted by Gasteiger charge is 2.21. The number of nitrogens with one attached hydrogen (secondary N) is 4. The van der Waals surface area contributed by atoms with Gasteiger partial charge in [0.15, 0.2) is 0 Å². The molecule has 2 aliphatic rings. The summed E-state index contributed by atoms with van der Waals surface area (Å²) < 4.78 is 5.42. The van der Waals surface area contributed by atoms with Crippen LogP contribution >= 0.6 is 22.9 Å². The molecule has 1 saturated carbocycles. The first-order chi connectivity index (χ1) is 16.1. The van der Waals surface area contributed by atoms with Crippen molar-refractivity contribution >= 4 is 55.8 Å². The summed E-state index contributed by atoms with van der Waals surface area (Å²) in [5.41, 5.74) is 1.36. The third kappa shape index (κ3) is 5.62. The summed E-state index contributed by atoms with van der Waals surface area (Å²) in [4.78, 5) is 22.0. The Morgan fingerprint density at radius 2 is 1.97 bits per heavy atom. The Kier molecular flexibility index (Phi) is 7.03. The van der Waals surface area contributed by atoms with Crippen LogP contribution in [0.3, 0.4) is 0 Å². The predicted molar refractivity (Wildman–Crippen MR) is 136 cm³/mol. The second kappa shape index (κ2) is 10.3. The number of carbonyl (C=O) groups is 1. The van der Waals surface area contributed by atoms with E-state index in [1.807, 2.05) is 6.07 Å². The van der Waals surface area contributed by atoms with E-state index >= 15 is 0 Å². The van der Waals surface area contributed by atoms with Crippen molar-refractivity contribution in [1.29, 1.82) is 0 Å². The number of fused-ring (bicyclic) bond motifs is 1. The van der Waals surface area contributed by atoms with Crippen molar-refractivity contribution in [3.05, 3.63) is 23.2 Å². The van der Waals surface area contributed by atoms with E-state index in [1.54, 1.807) is 17.4 Å². The molecule has 1 aliphatic carbocycles. The van der Waals surface area contributed by atoms with Crippen LogP contribution in [0.25, 0.3) is 10.2 Å². The van der Waals surface area contributed by atoms with E-state index in [4.69, 9.17) is 4.98 Å². The predicted octanol–water partition coefficient (Wildman–Crippen LogP) is 4.61. The summed E-state index contributed by atoms with van der Waals surface area (Å²) in [6.45, 7) is 5.08. The lowest BCUT2D eigenvalue weighted by molar-refractivity contribution is 0.0940. The van der Waals surface area contributed by atoms with Gasteiger partial charge in [0, 0.05) is 18.7 Å². The minimum absolute atomic E-state index is 0.124. The fourth-order valence-electron chi connectivity index (χ4n) is 4.58. The number of piperidine rings is 1. The minimum atomic E-state index is -0.124. The SMILES string of the molecule is CC1CCC(Nc2nc(Nc3cc(C(=O)NCC4CCNCC4)ns3)nc3ccsc23)CC1. The fraction of sp³-hybridized carbons (Fsp3) is 0.565. The zero-order valence-electron chi connectivity index (χ0n) is 18.9. The molecule has 0 radical (unpaired) electrons. The zero-order valence-corrected chi connectivity index (χ0v) is 20.5. The quantitative estimate of drug-likeness (QED) is 0.387. The number of hydrogen-bond donors (Lipinski definition) is 4. The van der Waals surface area contributed by atoms with E-state index in [1.165, 1.54) is 37.2 Å². The molecule has 33 heavy (non-hydrogen) atoms. The van der Waals surface area contributed by atoms with Gasteiger partial charge in [-0.2, -0.15) is 9.36 Å². The highest BCUT2D eigenvalue weighted by Crippen LogP contribution is 2.32. The van der Waals surface area contributed by atoms with Gasteiger partial charge in [-0.15, -0.1) is 11.3 Å². The smallest absolute Gasteiger partial charge is 0.271 e. The van der Waals surface area contributed by atoms with Crippen LogP contribution in [-0.4, -0.2) is 45.9 Å². The van der Waals surface area contributed by atoms with Crippen LogP contribution in [0.5, 0.6) is 0 Å². The Morgan fingerprint density at radius 1 is 1.15 bits per heavy atom. The van der Waals surface area contributed by atoms with Crippen LogP contribution in [0.15, 0.2) is 17.5 Å². The topological polar surface area (TPSA) is 104 Å². The number of nitrogens with zero attached hydrogens (tertiary/aromatic N) is 3. The summed E-state index contributed by atoms with van der Waals surface area (Å²) >= 11 is 2.91. The van der Waals surface area contributed by atoms with E-state index in [0.29, 0.717) is 30.1 Å². The molecule has 0 aromatic carbocycles. The Hall–Kier alpha value is -2.30. The summed E-state index contributed by atoms with van der Waals surface area (Å²) in [5.74, 6) is 2.64. The third-order valence-corrected chi connectivity index (χ3v) is 8.26. The van der Waals surface area contributed by atoms with E-state index in [9.17, 15) is 4.79 Å². The normalized spacial score (nSPS) is 21.7. The Bertz CT molecular complexity index is 1080. The molecule has 5 rings (SSSR count). The van der Waals surface area contributed by atoms with E-state index in [-0.39, 0.29) is 5.91 Å². The molecule has 1 amide bonds. The number of rotatable bonds is 7. The van der Waals surface area contributed by atoms with Gasteiger partial charge in [0.25, 0.3) is 5.91 Å². The number of carbonyl (C=O) groups excluding carboxylic acids is 1. The van der Waals surface area contributed by atoms with Crippen LogP contribution in [-0.2, 0) is 0 Å². The molecule has 1 saturated heterocycles. The first kappa shape index (κ1) is 22.5. The fourth-order valence-corrected chi connectivity index (χ4v) is 6.00. The molecule has 8 nitrogen and oxygen atoms in total. The summed E-state index contributed by atoms with van der Waals surface area (Å²) in [6.07, 6.45) is 7.05. The van der Waals surface area contributed by atoms with Gasteiger partial charge in [-0.25, -0.2) is 4.98 Å². The van der Waals surface area contributed by atoms with Gasteiger partial charge in [-0.05, 0) is 86.4 Å². The highest BCUT2D eigenvalue weighted by atomic mass is 32.1. The molecular formula is C23H31N7OS2. The Balaban J connectivity index is 1.24. The van der Waals surface area contributed by atoms with Crippen molar-refractivity contribution < 1.29 is 4.79 Å². The number of anilines is 3. The number of aromatic nitrogens is 3. The Morgan fingerprint density at radius 3 is 2.79 bits per heavy atom. The third-order valence-electron chi connectivity index (χ3n) is 6.65. The maximum Gasteiger partial charge on any atom is 0.271 e. The molecule has 0 atom stereocenters. The van der Waals surface area contributed by atoms with Gasteiger partial charge < -0.3 is 21.3 Å². The van der Waals surface area contributed by atoms with E-state index in [0.717, 1.165) is 52.9 Å². The minimum Gasteiger partial charge on any atom is -0.366 e. The molecule has 4 heterocycles. The molecule has 176 valence electrons. The molecule has 10 heteroatoms. The summed E-state index contributed by atoms with van der Waals surface area (Å²) in [5, 5.41) is 16.1. The van der Waals surface area contributed by atoms with E-state index < -0.39 is 0 Å². The van der Waals surface area contributed by atoms with Gasteiger partial charge >= 0.3 is 0 Å². The molecule has 0 bridgehead atoms. The number of hydrogen-bond acceptors (Lipinski definition) is 9. The van der Waals surface area contributed by atoms with Crippen molar-refractivity contribution in [2.45, 2.75) is 51.5 Å². The lowest BCUT2D eigenvalue weighted by Crippen LogP contribution is -2.36. The largest absolute Gasteiger partial charge is 0.366 e. The summed E-state index contributed by atoms with van der Waals surface area (Å²) in [6, 6.07) is 4.25. The zero-order chi connectivity index (χ0) is 22.6. The molecule has 3 aromatic heterocycles. The van der Waals surface area contributed by atoms with Crippen LogP contribution in [0.1, 0.15) is 55.9 Å². The van der Waals surface area contributed by atoms with Crippen molar-refractivity contribution in [2.24, 2.45) is 11.8 Å². The van der Waals surface area contributed by atoms with Gasteiger partial charge in [-0.1, -0.05) is 6.92 Å². The van der Waals surface area contributed by atoms with E-state index in [2.05, 4.69) is 42.9 Å². The van der Waals surface area contributed by atoms with Gasteiger partial charge in [0.1, 0.15) is 16.5 Å². The average molecular weight is 486 g/mol. The lowest BCUT2D eigenvalue weighted by atomic mass is 9.87. The number of amides is 1. The van der Waals surface area contributed by atoms with Crippen LogP contribution < -0.4 is 21.3 Å². The van der Waals surface area contributed by atoms with Crippen molar-refractivity contribution in [2.75, 3.05) is 30.3 Å². The van der Waals surface area contributed by atoms with Gasteiger partial charge in [-0.3, -0.25) is 4.79 Å². The molecule has 0 spiro atoms. The monoisotopic (exact) mass is 485 g/mol. The molecule has 3 aromatic rings. The van der Waals surface area contributed by atoms with Crippen molar-refractivity contribution in [3.8, 4) is 0 Å². The second-order valence-corrected chi connectivity index (χ2v) is 11.0. The maximum atomic E-state index is 12.5. The average Bonchev–Trinajstić information content (AvgIpc) is 3.50. The first-order valence-corrected chi connectivity index (χ1v) is 13.5. The molecule has 1 aliphatic heterocycles.